The third kappa shape index (κ3) is 3.69. The molecule has 2 aromatic rings. The molecule has 5 heteroatoms. The maximum atomic E-state index is 13.7. The highest BCUT2D eigenvalue weighted by molar-refractivity contribution is 5.49. The van der Waals surface area contributed by atoms with Crippen LogP contribution in [0.4, 0.5) is 14.5 Å². The van der Waals surface area contributed by atoms with Crippen LogP contribution in [0.1, 0.15) is 18.1 Å². The lowest BCUT2D eigenvalue weighted by molar-refractivity contribution is 0.321. The van der Waals surface area contributed by atoms with Crippen LogP contribution in [0.2, 0.25) is 0 Å². The molecule has 0 aliphatic heterocycles. The van der Waals surface area contributed by atoms with Gasteiger partial charge in [-0.15, -0.1) is 0 Å². The zero-order chi connectivity index (χ0) is 15.2. The molecular weight excluding hydrogens is 274 g/mol. The molecule has 0 aliphatic carbocycles. The summed E-state index contributed by atoms with van der Waals surface area (Å²) >= 11 is 0. The first-order chi connectivity index (χ1) is 10.1. The highest BCUT2D eigenvalue weighted by atomic mass is 19.1. The number of ether oxygens (including phenoxy) is 1. The predicted molar refractivity (Wildman–Crippen MR) is 76.0 cm³/mol. The van der Waals surface area contributed by atoms with E-state index >= 15 is 0 Å². The van der Waals surface area contributed by atoms with Crippen molar-refractivity contribution in [3.05, 3.63) is 59.2 Å². The summed E-state index contributed by atoms with van der Waals surface area (Å²) in [4.78, 5) is 0. The highest BCUT2D eigenvalue weighted by Crippen LogP contribution is 2.22. The topological polar surface area (TPSA) is 45.0 Å². The highest BCUT2D eigenvalue weighted by Gasteiger charge is 2.06. The van der Waals surface area contributed by atoms with Crippen LogP contribution in [-0.2, 0) is 6.54 Å². The molecule has 0 bridgehead atoms. The van der Waals surface area contributed by atoms with Crippen molar-refractivity contribution < 1.29 is 13.5 Å². The van der Waals surface area contributed by atoms with Gasteiger partial charge in [0.15, 0.2) is 11.6 Å². The number of rotatable bonds is 5. The Hall–Kier alpha value is -2.61. The molecule has 3 nitrogen and oxygen atoms in total. The van der Waals surface area contributed by atoms with E-state index in [0.717, 1.165) is 0 Å². The summed E-state index contributed by atoms with van der Waals surface area (Å²) < 4.78 is 32.0. The number of benzene rings is 2. The van der Waals surface area contributed by atoms with Gasteiger partial charge in [0.05, 0.1) is 18.2 Å². The Kier molecular flexibility index (Phi) is 4.72. The lowest BCUT2D eigenvalue weighted by Gasteiger charge is -2.10. The van der Waals surface area contributed by atoms with E-state index in [4.69, 9.17) is 10.00 Å². The van der Waals surface area contributed by atoms with Gasteiger partial charge in [-0.05, 0) is 42.8 Å². The average Bonchev–Trinajstić information content (AvgIpc) is 2.48. The lowest BCUT2D eigenvalue weighted by Crippen LogP contribution is -2.03. The van der Waals surface area contributed by atoms with Gasteiger partial charge in [0.25, 0.3) is 0 Å². The van der Waals surface area contributed by atoms with Gasteiger partial charge in [-0.1, -0.05) is 0 Å². The van der Waals surface area contributed by atoms with E-state index < -0.39 is 11.6 Å². The molecule has 0 heterocycles. The fourth-order valence-corrected chi connectivity index (χ4v) is 1.90. The van der Waals surface area contributed by atoms with Gasteiger partial charge < -0.3 is 10.1 Å². The Morgan fingerprint density at radius 3 is 2.67 bits per heavy atom. The van der Waals surface area contributed by atoms with Crippen LogP contribution in [0, 0.1) is 23.0 Å². The van der Waals surface area contributed by atoms with Crippen LogP contribution >= 0.6 is 0 Å². The van der Waals surface area contributed by atoms with Crippen molar-refractivity contribution in [3.63, 3.8) is 0 Å². The van der Waals surface area contributed by atoms with Crippen LogP contribution in [0.15, 0.2) is 36.4 Å². The molecule has 0 aromatic heterocycles. The summed E-state index contributed by atoms with van der Waals surface area (Å²) in [5, 5.41) is 11.9. The summed E-state index contributed by atoms with van der Waals surface area (Å²) in [6.07, 6.45) is 0. The number of hydrogen-bond donors (Lipinski definition) is 1. The standard InChI is InChI=1S/C16H14F2N2O/c1-2-21-16-6-5-14(8-15(16)18)20-10-12-7-13(17)4-3-11(12)9-19/h3-8,20H,2,10H2,1H3. The minimum absolute atomic E-state index is 0.187. The minimum Gasteiger partial charge on any atom is -0.491 e. The number of anilines is 1. The Balaban J connectivity index is 2.12. The van der Waals surface area contributed by atoms with Crippen molar-refractivity contribution in [1.29, 1.82) is 5.26 Å². The first-order valence-electron chi connectivity index (χ1n) is 6.48. The number of halogens is 2. The summed E-state index contributed by atoms with van der Waals surface area (Å²) in [5.41, 5.74) is 1.44. The molecule has 0 fully saturated rings. The Morgan fingerprint density at radius 2 is 2.00 bits per heavy atom. The van der Waals surface area contributed by atoms with E-state index in [1.54, 1.807) is 13.0 Å². The molecule has 108 valence electrons. The number of nitrogens with one attached hydrogen (secondary N) is 1. The van der Waals surface area contributed by atoms with Gasteiger partial charge in [-0.2, -0.15) is 5.26 Å². The minimum atomic E-state index is -0.471. The van der Waals surface area contributed by atoms with Crippen molar-refractivity contribution in [2.45, 2.75) is 13.5 Å². The van der Waals surface area contributed by atoms with Crippen molar-refractivity contribution in [1.82, 2.24) is 0 Å². The monoisotopic (exact) mass is 288 g/mol. The SMILES string of the molecule is CCOc1ccc(NCc2cc(F)ccc2C#N)cc1F. The van der Waals surface area contributed by atoms with E-state index in [1.165, 1.54) is 30.3 Å². The molecule has 0 saturated heterocycles. The molecule has 0 unspecified atom stereocenters. The molecule has 0 saturated carbocycles. The van der Waals surface area contributed by atoms with Gasteiger partial charge >= 0.3 is 0 Å². The molecule has 21 heavy (non-hydrogen) atoms. The predicted octanol–water partition coefficient (Wildman–Crippen LogP) is 3.85. The van der Waals surface area contributed by atoms with Crippen LogP contribution < -0.4 is 10.1 Å². The zero-order valence-corrected chi connectivity index (χ0v) is 11.5. The van der Waals surface area contributed by atoms with Gasteiger partial charge in [0, 0.05) is 18.3 Å². The zero-order valence-electron chi connectivity index (χ0n) is 11.5. The quantitative estimate of drug-likeness (QED) is 0.909. The molecule has 2 aromatic carbocycles. The first kappa shape index (κ1) is 14.8. The maximum absolute atomic E-state index is 13.7. The Morgan fingerprint density at radius 1 is 1.19 bits per heavy atom. The largest absolute Gasteiger partial charge is 0.491 e. The van der Waals surface area contributed by atoms with Gasteiger partial charge in [-0.3, -0.25) is 0 Å². The average molecular weight is 288 g/mol. The van der Waals surface area contributed by atoms with Crippen molar-refractivity contribution in [2.24, 2.45) is 0 Å². The Bertz CT molecular complexity index is 680. The van der Waals surface area contributed by atoms with Crippen molar-refractivity contribution in [2.75, 3.05) is 11.9 Å². The molecular formula is C16H14F2N2O. The van der Waals surface area contributed by atoms with Crippen LogP contribution in [-0.4, -0.2) is 6.61 Å². The van der Waals surface area contributed by atoms with E-state index in [2.05, 4.69) is 5.32 Å². The second-order valence-corrected chi connectivity index (χ2v) is 4.35. The fraction of sp³-hybridized carbons (Fsp3) is 0.188. The van der Waals surface area contributed by atoms with E-state index in [0.29, 0.717) is 23.4 Å². The van der Waals surface area contributed by atoms with Crippen molar-refractivity contribution >= 4 is 5.69 Å². The fourth-order valence-electron chi connectivity index (χ4n) is 1.90. The normalized spacial score (nSPS) is 10.0. The lowest BCUT2D eigenvalue weighted by atomic mass is 10.1. The van der Waals surface area contributed by atoms with Gasteiger partial charge in [-0.25, -0.2) is 8.78 Å². The number of hydrogen-bond acceptors (Lipinski definition) is 3. The van der Waals surface area contributed by atoms with Gasteiger partial charge in [0.2, 0.25) is 0 Å². The van der Waals surface area contributed by atoms with Crippen LogP contribution in [0.3, 0.4) is 0 Å². The Labute approximate surface area is 121 Å². The second kappa shape index (κ2) is 6.71. The van der Waals surface area contributed by atoms with Crippen LogP contribution in [0.25, 0.3) is 0 Å². The molecule has 0 radical (unpaired) electrons. The number of nitriles is 1. The molecule has 0 amide bonds. The van der Waals surface area contributed by atoms with Gasteiger partial charge in [0.1, 0.15) is 5.82 Å². The number of nitrogens with zero attached hydrogens (tertiary/aromatic N) is 1. The van der Waals surface area contributed by atoms with E-state index in [-0.39, 0.29) is 12.3 Å². The smallest absolute Gasteiger partial charge is 0.167 e. The van der Waals surface area contributed by atoms with Crippen LogP contribution in [0.5, 0.6) is 5.75 Å². The third-order valence-electron chi connectivity index (χ3n) is 2.90. The maximum Gasteiger partial charge on any atom is 0.167 e. The van der Waals surface area contributed by atoms with E-state index in [1.807, 2.05) is 6.07 Å². The first-order valence-corrected chi connectivity index (χ1v) is 6.48. The summed E-state index contributed by atoms with van der Waals surface area (Å²) in [6.45, 7) is 2.39. The molecule has 0 atom stereocenters. The third-order valence-corrected chi connectivity index (χ3v) is 2.90. The summed E-state index contributed by atoms with van der Waals surface area (Å²) in [7, 11) is 0. The molecule has 2 rings (SSSR count). The molecule has 0 spiro atoms. The van der Waals surface area contributed by atoms with Crippen molar-refractivity contribution in [3.8, 4) is 11.8 Å². The van der Waals surface area contributed by atoms with E-state index in [9.17, 15) is 8.78 Å². The summed E-state index contributed by atoms with van der Waals surface area (Å²) in [6, 6.07) is 10.4. The molecule has 1 N–H and O–H groups in total. The summed E-state index contributed by atoms with van der Waals surface area (Å²) in [5.74, 6) is -0.697. The molecule has 0 aliphatic rings. The second-order valence-electron chi connectivity index (χ2n) is 4.35.